The van der Waals surface area contributed by atoms with Crippen LogP contribution in [0.3, 0.4) is 0 Å². The van der Waals surface area contributed by atoms with Gasteiger partial charge in [0.15, 0.2) is 0 Å². The molecular formula is C31H52N6. The summed E-state index contributed by atoms with van der Waals surface area (Å²) in [5.41, 5.74) is 3.78. The number of hydrogen-bond donors (Lipinski definition) is 0. The summed E-state index contributed by atoms with van der Waals surface area (Å²) in [6.07, 6.45) is 6.59. The molecule has 37 heavy (non-hydrogen) atoms. The summed E-state index contributed by atoms with van der Waals surface area (Å²) in [5, 5.41) is 0. The third kappa shape index (κ3) is 8.39. The van der Waals surface area contributed by atoms with E-state index in [1.165, 1.54) is 48.6 Å². The molecule has 2 aromatic heterocycles. The highest BCUT2D eigenvalue weighted by Crippen LogP contribution is 2.28. The van der Waals surface area contributed by atoms with Crippen molar-refractivity contribution in [1.82, 2.24) is 19.9 Å². The van der Waals surface area contributed by atoms with Gasteiger partial charge in [-0.2, -0.15) is 0 Å². The molecule has 1 unspecified atom stereocenters. The van der Waals surface area contributed by atoms with Crippen molar-refractivity contribution in [2.75, 3.05) is 49.1 Å². The molecule has 206 valence electrons. The van der Waals surface area contributed by atoms with E-state index in [1.54, 1.807) is 0 Å². The van der Waals surface area contributed by atoms with Gasteiger partial charge in [-0.3, -0.25) is 4.90 Å². The average Bonchev–Trinajstić information content (AvgIpc) is 3.32. The van der Waals surface area contributed by atoms with E-state index >= 15 is 0 Å². The van der Waals surface area contributed by atoms with Crippen molar-refractivity contribution in [3.63, 3.8) is 0 Å². The van der Waals surface area contributed by atoms with Gasteiger partial charge in [0.1, 0.15) is 5.82 Å². The van der Waals surface area contributed by atoms with Gasteiger partial charge < -0.3 is 9.80 Å². The maximum absolute atomic E-state index is 4.82. The van der Waals surface area contributed by atoms with Crippen molar-refractivity contribution in [1.29, 1.82) is 0 Å². The van der Waals surface area contributed by atoms with Gasteiger partial charge in [-0.1, -0.05) is 47.6 Å². The first-order chi connectivity index (χ1) is 17.5. The third-order valence-corrected chi connectivity index (χ3v) is 7.80. The van der Waals surface area contributed by atoms with Gasteiger partial charge in [0.25, 0.3) is 0 Å². The molecule has 6 nitrogen and oxygen atoms in total. The molecule has 2 aliphatic heterocycles. The van der Waals surface area contributed by atoms with Gasteiger partial charge in [0, 0.05) is 63.4 Å². The lowest BCUT2D eigenvalue weighted by Gasteiger charge is -2.36. The first-order valence-corrected chi connectivity index (χ1v) is 14.6. The molecule has 0 radical (unpaired) electrons. The van der Waals surface area contributed by atoms with Crippen molar-refractivity contribution >= 4 is 11.8 Å². The van der Waals surface area contributed by atoms with Crippen LogP contribution < -0.4 is 9.80 Å². The second-order valence-electron chi connectivity index (χ2n) is 12.3. The van der Waals surface area contributed by atoms with Gasteiger partial charge in [0.05, 0.1) is 0 Å². The molecule has 0 amide bonds. The van der Waals surface area contributed by atoms with E-state index < -0.39 is 0 Å². The highest BCUT2D eigenvalue weighted by atomic mass is 15.3. The highest BCUT2D eigenvalue weighted by Gasteiger charge is 2.24. The lowest BCUT2D eigenvalue weighted by molar-refractivity contribution is 0.208. The predicted molar refractivity (Wildman–Crippen MR) is 158 cm³/mol. The molecule has 0 aromatic carbocycles. The minimum atomic E-state index is 0.497. The van der Waals surface area contributed by atoms with Crippen molar-refractivity contribution in [2.24, 2.45) is 11.8 Å². The normalized spacial score (nSPS) is 18.8. The zero-order chi connectivity index (χ0) is 27.1. The second kappa shape index (κ2) is 13.5. The summed E-state index contributed by atoms with van der Waals surface area (Å²) in [6, 6.07) is 5.11. The van der Waals surface area contributed by atoms with Gasteiger partial charge in [-0.15, -0.1) is 0 Å². The van der Waals surface area contributed by atoms with Crippen molar-refractivity contribution in [3.8, 4) is 0 Å². The molecule has 2 aromatic rings. The minimum Gasteiger partial charge on any atom is -0.356 e. The van der Waals surface area contributed by atoms with Crippen LogP contribution in [-0.4, -0.2) is 65.2 Å². The average molecular weight is 509 g/mol. The second-order valence-corrected chi connectivity index (χ2v) is 12.3. The largest absolute Gasteiger partial charge is 0.356 e. The van der Waals surface area contributed by atoms with Crippen LogP contribution in [-0.2, 0) is 0 Å². The third-order valence-electron chi connectivity index (χ3n) is 7.80. The van der Waals surface area contributed by atoms with Gasteiger partial charge in [-0.05, 0) is 74.5 Å². The van der Waals surface area contributed by atoms with Crippen LogP contribution in [0.1, 0.15) is 96.9 Å². The van der Waals surface area contributed by atoms with Gasteiger partial charge >= 0.3 is 0 Å². The Morgan fingerprint density at radius 3 is 1.97 bits per heavy atom. The molecular weight excluding hydrogens is 456 g/mol. The van der Waals surface area contributed by atoms with Crippen LogP contribution in [0.25, 0.3) is 0 Å². The summed E-state index contributed by atoms with van der Waals surface area (Å²) >= 11 is 0. The fraction of sp³-hybridized carbons (Fsp3) is 0.710. The zero-order valence-corrected chi connectivity index (χ0v) is 25.0. The fourth-order valence-corrected chi connectivity index (χ4v) is 5.48. The Morgan fingerprint density at radius 2 is 1.46 bits per heavy atom. The molecule has 4 heterocycles. The maximum atomic E-state index is 4.82. The molecule has 4 rings (SSSR count). The van der Waals surface area contributed by atoms with Gasteiger partial charge in [0.2, 0.25) is 5.95 Å². The first-order valence-electron chi connectivity index (χ1n) is 14.6. The molecule has 2 saturated heterocycles. The Balaban J connectivity index is 0.000000206. The van der Waals surface area contributed by atoms with E-state index in [9.17, 15) is 0 Å². The summed E-state index contributed by atoms with van der Waals surface area (Å²) in [6.45, 7) is 26.7. The Kier molecular flexibility index (Phi) is 10.7. The van der Waals surface area contributed by atoms with Crippen LogP contribution in [0.2, 0.25) is 0 Å². The standard InChI is InChI=1S/C17H28N2.C14H24N4/c1-12(2)10-15-8-9-19(11-15)17-7-6-16(13(3)4)14(5)18-17;1-11(2)13-9-15-14(16-10-13)18-7-5-17(6-8-18)12(3)4/h6-7,12-13,15H,8-11H2,1-5H3;9-12H,5-8H2,1-4H3. The summed E-state index contributed by atoms with van der Waals surface area (Å²) in [7, 11) is 0. The summed E-state index contributed by atoms with van der Waals surface area (Å²) in [5.74, 6) is 4.77. The lowest BCUT2D eigenvalue weighted by atomic mass is 9.97. The first kappa shape index (κ1) is 29.3. The molecule has 0 N–H and O–H groups in total. The zero-order valence-electron chi connectivity index (χ0n) is 25.0. The van der Waals surface area contributed by atoms with Crippen LogP contribution in [0, 0.1) is 18.8 Å². The van der Waals surface area contributed by atoms with Crippen LogP contribution in [0.4, 0.5) is 11.8 Å². The molecule has 2 aliphatic rings. The monoisotopic (exact) mass is 508 g/mol. The van der Waals surface area contributed by atoms with E-state index in [0.717, 1.165) is 44.0 Å². The van der Waals surface area contributed by atoms with Crippen LogP contribution in [0.15, 0.2) is 24.5 Å². The van der Waals surface area contributed by atoms with Crippen LogP contribution >= 0.6 is 0 Å². The predicted octanol–water partition coefficient (Wildman–Crippen LogP) is 6.52. The lowest BCUT2D eigenvalue weighted by Crippen LogP contribution is -2.49. The van der Waals surface area contributed by atoms with Crippen LogP contribution in [0.5, 0.6) is 0 Å². The minimum absolute atomic E-state index is 0.497. The number of aromatic nitrogens is 3. The summed E-state index contributed by atoms with van der Waals surface area (Å²) in [4.78, 5) is 21.0. The SMILES string of the molecule is CC(C)c1cnc(N2CCN(C(C)C)CC2)nc1.Cc1nc(N2CCC(CC(C)C)C2)ccc1C(C)C. The fourth-order valence-electron chi connectivity index (χ4n) is 5.48. The number of aryl methyl sites for hydroxylation is 1. The Morgan fingerprint density at radius 1 is 0.811 bits per heavy atom. The molecule has 1 atom stereocenters. The molecule has 0 saturated carbocycles. The highest BCUT2D eigenvalue weighted by molar-refractivity contribution is 5.43. The molecule has 0 aliphatic carbocycles. The number of hydrogen-bond acceptors (Lipinski definition) is 6. The quantitative estimate of drug-likeness (QED) is 0.424. The Bertz CT molecular complexity index is 945. The van der Waals surface area contributed by atoms with E-state index in [2.05, 4.69) is 99.1 Å². The smallest absolute Gasteiger partial charge is 0.225 e. The molecule has 0 spiro atoms. The number of pyridine rings is 1. The molecule has 0 bridgehead atoms. The Hall–Kier alpha value is -2.21. The number of rotatable bonds is 7. The van der Waals surface area contributed by atoms with Crippen molar-refractivity contribution in [3.05, 3.63) is 41.3 Å². The maximum Gasteiger partial charge on any atom is 0.225 e. The topological polar surface area (TPSA) is 48.4 Å². The van der Waals surface area contributed by atoms with E-state index in [4.69, 9.17) is 4.98 Å². The van der Waals surface area contributed by atoms with Crippen molar-refractivity contribution in [2.45, 2.75) is 93.0 Å². The number of piperazine rings is 1. The van der Waals surface area contributed by atoms with Crippen molar-refractivity contribution < 1.29 is 0 Å². The van der Waals surface area contributed by atoms with E-state index in [-0.39, 0.29) is 0 Å². The number of nitrogens with zero attached hydrogens (tertiary/aromatic N) is 6. The Labute approximate surface area is 226 Å². The molecule has 2 fully saturated rings. The summed E-state index contributed by atoms with van der Waals surface area (Å²) < 4.78 is 0. The van der Waals surface area contributed by atoms with E-state index in [0.29, 0.717) is 17.9 Å². The van der Waals surface area contributed by atoms with E-state index in [1.807, 2.05) is 12.4 Å². The molecule has 6 heteroatoms. The van der Waals surface area contributed by atoms with Gasteiger partial charge in [-0.25, -0.2) is 15.0 Å². The number of anilines is 2.